The summed E-state index contributed by atoms with van der Waals surface area (Å²) in [7, 11) is 4.22. The van der Waals surface area contributed by atoms with E-state index in [1.165, 1.54) is 67.2 Å². The largest absolute Gasteiger partial charge is 0.508 e. The molecular weight excluding hydrogens is 539 g/mol. The van der Waals surface area contributed by atoms with Crippen molar-refractivity contribution in [2.45, 2.75) is 89.5 Å². The van der Waals surface area contributed by atoms with Crippen LogP contribution < -0.4 is 5.32 Å². The van der Waals surface area contributed by atoms with Crippen molar-refractivity contribution in [1.82, 2.24) is 5.32 Å². The highest BCUT2D eigenvalue weighted by Gasteiger charge is 2.61. The maximum atomic E-state index is 10.9. The van der Waals surface area contributed by atoms with E-state index >= 15 is 0 Å². The SMILES string of the molecule is C[C@@H]1CC=C[C@@]2(CCC[C@H]3[C@H]4Cc5cc(O)cc(c5)Cc5ccccc5CN[C@H](C)CSS[C@H]5C=C[C@@]32C[C@@H]5C4)C1. The van der Waals surface area contributed by atoms with Crippen molar-refractivity contribution in [2.24, 2.45) is 34.5 Å². The van der Waals surface area contributed by atoms with Crippen LogP contribution in [0.25, 0.3) is 0 Å². The summed E-state index contributed by atoms with van der Waals surface area (Å²) < 4.78 is 0. The van der Waals surface area contributed by atoms with Crippen LogP contribution >= 0.6 is 21.6 Å². The predicted octanol–water partition coefficient (Wildman–Crippen LogP) is 9.12. The summed E-state index contributed by atoms with van der Waals surface area (Å²) in [6, 6.07) is 15.8. The minimum atomic E-state index is 0.294. The molecule has 1 heterocycles. The number of fused-ring (bicyclic) bond motifs is 5. The molecule has 4 aliphatic carbocycles. The minimum absolute atomic E-state index is 0.294. The average molecular weight is 586 g/mol. The molecule has 7 rings (SSSR count). The van der Waals surface area contributed by atoms with Crippen LogP contribution in [-0.2, 0) is 19.4 Å². The van der Waals surface area contributed by atoms with Gasteiger partial charge in [0, 0.05) is 29.0 Å². The summed E-state index contributed by atoms with van der Waals surface area (Å²) in [5.41, 5.74) is 5.93. The summed E-state index contributed by atoms with van der Waals surface area (Å²) in [6.45, 7) is 5.71. The van der Waals surface area contributed by atoms with E-state index in [0.717, 1.165) is 42.9 Å². The monoisotopic (exact) mass is 585 g/mol. The van der Waals surface area contributed by atoms with Crippen LogP contribution in [0.1, 0.15) is 81.0 Å². The van der Waals surface area contributed by atoms with Gasteiger partial charge in [-0.1, -0.05) is 89.6 Å². The Morgan fingerprint density at radius 2 is 1.83 bits per heavy atom. The van der Waals surface area contributed by atoms with E-state index in [2.05, 4.69) is 101 Å². The Hall–Kier alpha value is -1.62. The first kappa shape index (κ1) is 28.2. The Balaban J connectivity index is 1.29. The quantitative estimate of drug-likeness (QED) is 0.239. The Morgan fingerprint density at radius 1 is 0.976 bits per heavy atom. The summed E-state index contributed by atoms with van der Waals surface area (Å²) in [6.07, 6.45) is 22.0. The summed E-state index contributed by atoms with van der Waals surface area (Å²) >= 11 is 0. The average Bonchev–Trinajstić information content (AvgIpc) is 2.94. The van der Waals surface area contributed by atoms with Crippen LogP contribution in [-0.4, -0.2) is 22.2 Å². The molecule has 5 bridgehead atoms. The van der Waals surface area contributed by atoms with Crippen LogP contribution in [0.2, 0.25) is 0 Å². The Bertz CT molecular complexity index is 1320. The number of nitrogens with one attached hydrogen (secondary N) is 1. The van der Waals surface area contributed by atoms with Crippen LogP contribution in [0.3, 0.4) is 0 Å². The maximum Gasteiger partial charge on any atom is 0.116 e. The van der Waals surface area contributed by atoms with Crippen molar-refractivity contribution in [3.8, 4) is 5.75 Å². The Kier molecular flexibility index (Phi) is 7.88. The number of aromatic hydroxyl groups is 1. The smallest absolute Gasteiger partial charge is 0.116 e. The van der Waals surface area contributed by atoms with E-state index in [1.54, 1.807) is 0 Å². The molecule has 0 aromatic heterocycles. The number of rotatable bonds is 0. The molecule has 4 heteroatoms. The number of hydrogen-bond acceptors (Lipinski definition) is 4. The highest BCUT2D eigenvalue weighted by atomic mass is 33.1. The third kappa shape index (κ3) is 5.36. The number of hydrogen-bond donors (Lipinski definition) is 2. The standard InChI is InChI=1S/C37H47NOS2/c1-25-7-5-12-36(21-25)13-6-10-34-31-17-28-15-27(18-33(39)19-28)16-29-8-3-4-9-30(29)23-38-26(2)24-40-41-35-11-14-37(34,36)22-32(35)20-31/h3-5,8-9,11-12,14-15,18-19,25-26,31-32,34-35,38-39H,6-7,10,13,16-17,20-24H2,1-2H3/t25-,26-,31+,32+,34+,35+,36-,37-/m1/s1. The molecule has 0 radical (unpaired) electrons. The van der Waals surface area contributed by atoms with Crippen molar-refractivity contribution >= 4 is 21.6 Å². The van der Waals surface area contributed by atoms with Gasteiger partial charge in [0.1, 0.15) is 5.75 Å². The molecule has 0 saturated heterocycles. The Morgan fingerprint density at radius 3 is 2.71 bits per heavy atom. The molecule has 2 spiro atoms. The van der Waals surface area contributed by atoms with Gasteiger partial charge < -0.3 is 10.4 Å². The second kappa shape index (κ2) is 11.5. The molecule has 2 saturated carbocycles. The molecule has 2 aromatic rings. The molecule has 1 aliphatic heterocycles. The zero-order valence-corrected chi connectivity index (χ0v) is 26.5. The van der Waals surface area contributed by atoms with Gasteiger partial charge >= 0.3 is 0 Å². The fourth-order valence-electron chi connectivity index (χ4n) is 9.73. The van der Waals surface area contributed by atoms with Gasteiger partial charge in [0.05, 0.1) is 0 Å². The number of phenolic OH excluding ortho intramolecular Hbond substituents is 1. The van der Waals surface area contributed by atoms with Gasteiger partial charge in [-0.15, -0.1) is 0 Å². The first-order valence-corrected chi connectivity index (χ1v) is 18.6. The van der Waals surface area contributed by atoms with E-state index in [1.807, 2.05) is 6.07 Å². The first-order chi connectivity index (χ1) is 19.9. The zero-order chi connectivity index (χ0) is 28.0. The van der Waals surface area contributed by atoms with Crippen molar-refractivity contribution in [2.75, 3.05) is 5.75 Å². The lowest BCUT2D eigenvalue weighted by Gasteiger charge is -2.65. The Labute approximate surface area is 255 Å². The summed E-state index contributed by atoms with van der Waals surface area (Å²) in [4.78, 5) is 0. The molecule has 2 nitrogen and oxygen atoms in total. The van der Waals surface area contributed by atoms with Gasteiger partial charge in [-0.2, -0.15) is 0 Å². The zero-order valence-electron chi connectivity index (χ0n) is 24.9. The van der Waals surface area contributed by atoms with Crippen molar-refractivity contribution in [3.05, 3.63) is 89.0 Å². The van der Waals surface area contributed by atoms with Crippen LogP contribution in [0.5, 0.6) is 5.75 Å². The van der Waals surface area contributed by atoms with Gasteiger partial charge in [0.25, 0.3) is 0 Å². The second-order valence-electron chi connectivity index (χ2n) is 14.2. The van der Waals surface area contributed by atoms with Gasteiger partial charge in [-0.3, -0.25) is 0 Å². The van der Waals surface area contributed by atoms with Crippen LogP contribution in [0.15, 0.2) is 66.8 Å². The third-order valence-electron chi connectivity index (χ3n) is 11.4. The van der Waals surface area contributed by atoms with Gasteiger partial charge in [-0.05, 0) is 122 Å². The molecule has 0 amide bonds. The summed E-state index contributed by atoms with van der Waals surface area (Å²) in [5.74, 6) is 4.48. The fourth-order valence-corrected chi connectivity index (χ4v) is 12.8. The highest BCUT2D eigenvalue weighted by molar-refractivity contribution is 8.77. The third-order valence-corrected chi connectivity index (χ3v) is 14.4. The van der Waals surface area contributed by atoms with Gasteiger partial charge in [-0.25, -0.2) is 0 Å². The normalized spacial score (nSPS) is 38.7. The molecule has 41 heavy (non-hydrogen) atoms. The number of benzene rings is 2. The lowest BCUT2D eigenvalue weighted by atomic mass is 9.40. The lowest BCUT2D eigenvalue weighted by molar-refractivity contribution is -0.0886. The van der Waals surface area contributed by atoms with E-state index < -0.39 is 0 Å². The van der Waals surface area contributed by atoms with E-state index in [9.17, 15) is 5.11 Å². The van der Waals surface area contributed by atoms with Crippen LogP contribution in [0.4, 0.5) is 0 Å². The summed E-state index contributed by atoms with van der Waals surface area (Å²) in [5, 5.41) is 15.3. The predicted molar refractivity (Wildman–Crippen MR) is 176 cm³/mol. The highest BCUT2D eigenvalue weighted by Crippen LogP contribution is 2.69. The molecule has 0 unspecified atom stereocenters. The van der Waals surface area contributed by atoms with Crippen LogP contribution in [0, 0.1) is 34.5 Å². The second-order valence-corrected chi connectivity index (χ2v) is 16.8. The molecule has 2 aromatic carbocycles. The molecule has 5 aliphatic rings. The lowest BCUT2D eigenvalue weighted by Crippen LogP contribution is -2.57. The van der Waals surface area contributed by atoms with Crippen molar-refractivity contribution in [1.29, 1.82) is 0 Å². The van der Waals surface area contributed by atoms with Crippen molar-refractivity contribution < 1.29 is 5.11 Å². The topological polar surface area (TPSA) is 32.3 Å². The van der Waals surface area contributed by atoms with Gasteiger partial charge in [0.15, 0.2) is 0 Å². The van der Waals surface area contributed by atoms with E-state index in [4.69, 9.17) is 0 Å². The van der Waals surface area contributed by atoms with E-state index in [-0.39, 0.29) is 0 Å². The number of allylic oxidation sites excluding steroid dienone is 3. The fraction of sp³-hybridized carbons (Fsp3) is 0.568. The number of phenols is 1. The maximum absolute atomic E-state index is 10.9. The molecular formula is C37H47NOS2. The molecule has 218 valence electrons. The van der Waals surface area contributed by atoms with Gasteiger partial charge in [0.2, 0.25) is 0 Å². The minimum Gasteiger partial charge on any atom is -0.508 e. The first-order valence-electron chi connectivity index (χ1n) is 16.2. The molecule has 2 N–H and O–H groups in total. The van der Waals surface area contributed by atoms with Crippen molar-refractivity contribution in [3.63, 3.8) is 0 Å². The molecule has 8 atom stereocenters. The molecule has 2 fully saturated rings. The van der Waals surface area contributed by atoms with E-state index in [0.29, 0.717) is 33.8 Å².